The van der Waals surface area contributed by atoms with Crippen LogP contribution in [0.1, 0.15) is 47.9 Å². The van der Waals surface area contributed by atoms with Crippen LogP contribution in [0.2, 0.25) is 0 Å². The van der Waals surface area contributed by atoms with E-state index in [1.807, 2.05) is 0 Å². The molecule has 0 amide bonds. The van der Waals surface area contributed by atoms with Gasteiger partial charge in [-0.15, -0.1) is 12.4 Å². The van der Waals surface area contributed by atoms with Crippen molar-refractivity contribution in [2.45, 2.75) is 44.1 Å². The molecule has 3 aromatic rings. The lowest BCUT2D eigenvalue weighted by atomic mass is 9.69. The first-order valence-corrected chi connectivity index (χ1v) is 11.4. The van der Waals surface area contributed by atoms with Crippen LogP contribution in [0.5, 0.6) is 0 Å². The zero-order chi connectivity index (χ0) is 20.2. The summed E-state index contributed by atoms with van der Waals surface area (Å²) in [4.78, 5) is 0. The fourth-order valence-corrected chi connectivity index (χ4v) is 5.44. The second-order valence-corrected chi connectivity index (χ2v) is 8.93. The van der Waals surface area contributed by atoms with Gasteiger partial charge in [-0.05, 0) is 59.9 Å². The van der Waals surface area contributed by atoms with Crippen LogP contribution in [-0.2, 0) is 23.2 Å². The van der Waals surface area contributed by atoms with Crippen molar-refractivity contribution >= 4 is 18.1 Å². The third kappa shape index (κ3) is 4.51. The molecule has 2 unspecified atom stereocenters. The molecule has 31 heavy (non-hydrogen) atoms. The lowest BCUT2D eigenvalue weighted by Crippen LogP contribution is -2.38. The molecule has 2 aliphatic rings. The fraction of sp³-hybridized carbons (Fsp3) is 0.357. The second kappa shape index (κ2) is 9.89. The number of aryl methyl sites for hydroxylation is 1. The number of halogens is 1. The summed E-state index contributed by atoms with van der Waals surface area (Å²) in [7, 11) is 0. The lowest BCUT2D eigenvalue weighted by Gasteiger charge is -2.40. The smallest absolute Gasteiger partial charge is 0.0720 e. The van der Waals surface area contributed by atoms with Crippen molar-refractivity contribution in [3.63, 3.8) is 0 Å². The van der Waals surface area contributed by atoms with Gasteiger partial charge in [0.15, 0.2) is 0 Å². The number of para-hydroxylation sites is 1. The van der Waals surface area contributed by atoms with Crippen LogP contribution in [0, 0.1) is 5.92 Å². The van der Waals surface area contributed by atoms with Gasteiger partial charge in [0.25, 0.3) is 0 Å². The van der Waals surface area contributed by atoms with Gasteiger partial charge in [0.1, 0.15) is 0 Å². The van der Waals surface area contributed by atoms with Gasteiger partial charge < -0.3 is 10.1 Å². The first-order chi connectivity index (χ1) is 14.9. The highest BCUT2D eigenvalue weighted by Gasteiger charge is 2.38. The Morgan fingerprint density at radius 2 is 1.61 bits per heavy atom. The highest BCUT2D eigenvalue weighted by molar-refractivity contribution is 5.85. The number of rotatable bonds is 5. The maximum Gasteiger partial charge on any atom is 0.0720 e. The maximum atomic E-state index is 6.16. The minimum absolute atomic E-state index is 0. The van der Waals surface area contributed by atoms with E-state index in [9.17, 15) is 0 Å². The van der Waals surface area contributed by atoms with Crippen LogP contribution in [-0.4, -0.2) is 13.2 Å². The van der Waals surface area contributed by atoms with E-state index in [1.165, 1.54) is 53.6 Å². The highest BCUT2D eigenvalue weighted by atomic mass is 35.5. The van der Waals surface area contributed by atoms with Gasteiger partial charge in [-0.3, -0.25) is 0 Å². The summed E-state index contributed by atoms with van der Waals surface area (Å²) in [5, 5.41) is 3.70. The Morgan fingerprint density at radius 1 is 0.871 bits per heavy atom. The Kier molecular flexibility index (Phi) is 6.99. The molecule has 5 rings (SSSR count). The van der Waals surface area contributed by atoms with Crippen molar-refractivity contribution in [2.24, 2.45) is 5.92 Å². The molecule has 0 aromatic heterocycles. The van der Waals surface area contributed by atoms with Crippen molar-refractivity contribution in [1.29, 1.82) is 0 Å². The van der Waals surface area contributed by atoms with E-state index >= 15 is 0 Å². The molecule has 0 radical (unpaired) electrons. The zero-order valence-corrected chi connectivity index (χ0v) is 18.9. The predicted octanol–water partition coefficient (Wildman–Crippen LogP) is 6.77. The third-order valence-electron chi connectivity index (χ3n) is 7.10. The van der Waals surface area contributed by atoms with Crippen LogP contribution in [0.25, 0.3) is 0 Å². The van der Waals surface area contributed by atoms with Gasteiger partial charge in [0, 0.05) is 17.6 Å². The molecule has 0 saturated carbocycles. The Bertz CT molecular complexity index is 962. The van der Waals surface area contributed by atoms with Gasteiger partial charge in [0.05, 0.1) is 13.2 Å². The molecule has 3 heteroatoms. The van der Waals surface area contributed by atoms with Crippen molar-refractivity contribution in [1.82, 2.24) is 0 Å². The van der Waals surface area contributed by atoms with E-state index < -0.39 is 0 Å². The predicted molar refractivity (Wildman–Crippen MR) is 131 cm³/mol. The quantitative estimate of drug-likeness (QED) is 0.479. The Morgan fingerprint density at radius 3 is 2.48 bits per heavy atom. The summed E-state index contributed by atoms with van der Waals surface area (Å²) in [5.74, 6) is 0.727. The van der Waals surface area contributed by atoms with Crippen LogP contribution < -0.4 is 5.32 Å². The van der Waals surface area contributed by atoms with Gasteiger partial charge >= 0.3 is 0 Å². The van der Waals surface area contributed by atoms with Gasteiger partial charge in [-0.2, -0.15) is 0 Å². The minimum atomic E-state index is -0.0305. The molecular weight excluding hydrogens is 402 g/mol. The second-order valence-electron chi connectivity index (χ2n) is 8.93. The Balaban J connectivity index is 0.00000231. The van der Waals surface area contributed by atoms with E-state index in [2.05, 4.69) is 84.2 Å². The van der Waals surface area contributed by atoms with Crippen LogP contribution in [0.4, 0.5) is 5.69 Å². The summed E-state index contributed by atoms with van der Waals surface area (Å²) in [6.45, 7) is 2.60. The van der Waals surface area contributed by atoms with Crippen LogP contribution in [0.3, 0.4) is 0 Å². The average molecular weight is 434 g/mol. The van der Waals surface area contributed by atoms with Crippen LogP contribution >= 0.6 is 12.4 Å². The topological polar surface area (TPSA) is 21.3 Å². The van der Waals surface area contributed by atoms with E-state index in [4.69, 9.17) is 4.74 Å². The molecule has 1 N–H and O–H groups in total. The van der Waals surface area contributed by atoms with E-state index in [0.29, 0.717) is 0 Å². The monoisotopic (exact) mass is 433 g/mol. The van der Waals surface area contributed by atoms with Gasteiger partial charge in [-0.1, -0.05) is 79.2 Å². The van der Waals surface area contributed by atoms with E-state index in [1.54, 1.807) is 0 Å². The Labute approximate surface area is 192 Å². The standard InChI is InChI=1S/C28H31NO.ClH/c1-2-12-25(13-3-1)28(21-30-20-24-11-4-6-14-26(24)28)18-8-9-22-16-17-23-10-5-7-15-27(23)29-19-22;/h1-7,10-15,22,29H,8-9,16-21H2;1H. The third-order valence-corrected chi connectivity index (χ3v) is 7.10. The highest BCUT2D eigenvalue weighted by Crippen LogP contribution is 2.42. The summed E-state index contributed by atoms with van der Waals surface area (Å²) in [6.07, 6.45) is 6.07. The molecule has 162 valence electrons. The number of benzene rings is 3. The van der Waals surface area contributed by atoms with Crippen LogP contribution in [0.15, 0.2) is 78.9 Å². The molecular formula is C28H32ClNO. The zero-order valence-electron chi connectivity index (χ0n) is 18.1. The van der Waals surface area contributed by atoms with Gasteiger partial charge in [-0.25, -0.2) is 0 Å². The molecule has 2 atom stereocenters. The average Bonchev–Trinajstić information content (AvgIpc) is 3.02. The molecule has 3 aromatic carbocycles. The normalized spacial score (nSPS) is 22.3. The van der Waals surface area contributed by atoms with E-state index in [0.717, 1.165) is 32.1 Å². The number of nitrogens with one attached hydrogen (secondary N) is 1. The maximum absolute atomic E-state index is 6.16. The molecule has 0 fully saturated rings. The molecule has 2 heterocycles. The lowest BCUT2D eigenvalue weighted by molar-refractivity contribution is 0.0606. The first kappa shape index (κ1) is 21.9. The molecule has 2 aliphatic heterocycles. The molecule has 0 aliphatic carbocycles. The molecule has 0 bridgehead atoms. The van der Waals surface area contributed by atoms with Crippen molar-refractivity contribution in [2.75, 3.05) is 18.5 Å². The summed E-state index contributed by atoms with van der Waals surface area (Å²) >= 11 is 0. The molecule has 0 spiro atoms. The molecule has 2 nitrogen and oxygen atoms in total. The summed E-state index contributed by atoms with van der Waals surface area (Å²) in [5.41, 5.74) is 6.97. The Hall–Kier alpha value is -2.29. The number of fused-ring (bicyclic) bond motifs is 2. The largest absolute Gasteiger partial charge is 0.385 e. The summed E-state index contributed by atoms with van der Waals surface area (Å²) in [6, 6.07) is 28.7. The van der Waals surface area contributed by atoms with Crippen molar-refractivity contribution < 1.29 is 4.74 Å². The number of ether oxygens (including phenoxy) is 1. The minimum Gasteiger partial charge on any atom is -0.385 e. The van der Waals surface area contributed by atoms with Gasteiger partial charge in [0.2, 0.25) is 0 Å². The fourth-order valence-electron chi connectivity index (χ4n) is 5.44. The summed E-state index contributed by atoms with van der Waals surface area (Å²) < 4.78 is 6.16. The van der Waals surface area contributed by atoms with Crippen molar-refractivity contribution in [3.05, 3.63) is 101 Å². The van der Waals surface area contributed by atoms with E-state index in [-0.39, 0.29) is 17.8 Å². The SMILES string of the molecule is Cl.c1ccc(C2(CCCC3CCc4ccccc4NC3)COCc3ccccc32)cc1. The number of anilines is 1. The first-order valence-electron chi connectivity index (χ1n) is 11.4. The van der Waals surface area contributed by atoms with Crippen molar-refractivity contribution in [3.8, 4) is 0 Å². The number of hydrogen-bond acceptors (Lipinski definition) is 2. The number of hydrogen-bond donors (Lipinski definition) is 1. The molecule has 0 saturated heterocycles.